The van der Waals surface area contributed by atoms with E-state index < -0.39 is 0 Å². The number of carbonyl (C=O) groups is 2. The minimum absolute atomic E-state index is 0.0792. The lowest BCUT2D eigenvalue weighted by Gasteiger charge is -2.39. The number of carbonyl (C=O) groups excluding carboxylic acids is 2. The van der Waals surface area contributed by atoms with Crippen LogP contribution in [0.25, 0.3) is 0 Å². The summed E-state index contributed by atoms with van der Waals surface area (Å²) < 4.78 is 0. The molecule has 0 bridgehead atoms. The average Bonchev–Trinajstić information content (AvgIpc) is 2.76. The van der Waals surface area contributed by atoms with Crippen molar-refractivity contribution in [1.82, 2.24) is 0 Å². The smallest absolute Gasteiger partial charge is 0.232 e. The highest BCUT2D eigenvalue weighted by molar-refractivity contribution is 6.07. The number of Topliss-reactive ketones (excluding diaryl/α,β-unsaturated/α-hetero) is 1. The van der Waals surface area contributed by atoms with Gasteiger partial charge in [-0.15, -0.1) is 0 Å². The Labute approximate surface area is 179 Å². The summed E-state index contributed by atoms with van der Waals surface area (Å²) in [6.45, 7) is 8.23. The van der Waals surface area contributed by atoms with E-state index in [4.69, 9.17) is 0 Å². The fraction of sp³-hybridized carbons (Fsp3) is 0.385. The Morgan fingerprint density at radius 2 is 1.67 bits per heavy atom. The van der Waals surface area contributed by atoms with Crippen LogP contribution in [0.3, 0.4) is 0 Å². The zero-order valence-corrected chi connectivity index (χ0v) is 18.1. The molecule has 2 aliphatic rings. The second kappa shape index (κ2) is 8.47. The van der Waals surface area contributed by atoms with E-state index in [1.165, 1.54) is 5.69 Å². The predicted molar refractivity (Wildman–Crippen MR) is 122 cm³/mol. The molecule has 4 nitrogen and oxygen atoms in total. The largest absolute Gasteiger partial charge is 0.372 e. The maximum atomic E-state index is 13.3. The Bertz CT molecular complexity index is 986. The number of ketones is 1. The summed E-state index contributed by atoms with van der Waals surface area (Å²) in [5.74, 6) is 0.127. The first-order valence-electron chi connectivity index (χ1n) is 11.0. The van der Waals surface area contributed by atoms with E-state index in [0.29, 0.717) is 12.8 Å². The number of hydrogen-bond donors (Lipinski definition) is 0. The standard InChI is InChI=1S/C26H30N2O2/c1-4-27(5-2)20-15-13-19(14-16-20)21-17-25(30)28(22-10-7-6-9-18(22)3)23-11-8-12-24(29)26(21)23/h6-7,9-10,13-16,21H,4-5,8,11-12,17H2,1-3H3. The second-order valence-corrected chi connectivity index (χ2v) is 8.17. The van der Waals surface area contributed by atoms with Gasteiger partial charge in [0.15, 0.2) is 5.78 Å². The van der Waals surface area contributed by atoms with Gasteiger partial charge in [-0.2, -0.15) is 0 Å². The SMILES string of the molecule is CCN(CC)c1ccc(C2CC(=O)N(c3ccccc3C)C3=C2C(=O)CCC3)cc1. The molecule has 1 aliphatic heterocycles. The van der Waals surface area contributed by atoms with Gasteiger partial charge in [-0.25, -0.2) is 0 Å². The van der Waals surface area contributed by atoms with Crippen molar-refractivity contribution in [2.24, 2.45) is 0 Å². The van der Waals surface area contributed by atoms with Crippen LogP contribution in [0.4, 0.5) is 11.4 Å². The lowest BCUT2D eigenvalue weighted by Crippen LogP contribution is -2.40. The molecular formula is C26H30N2O2. The van der Waals surface area contributed by atoms with Crippen molar-refractivity contribution in [3.8, 4) is 0 Å². The molecule has 30 heavy (non-hydrogen) atoms. The number of rotatable bonds is 5. The van der Waals surface area contributed by atoms with Gasteiger partial charge in [-0.1, -0.05) is 30.3 Å². The minimum atomic E-state index is -0.147. The molecular weight excluding hydrogens is 372 g/mol. The van der Waals surface area contributed by atoms with Gasteiger partial charge in [0.2, 0.25) is 5.91 Å². The summed E-state index contributed by atoms with van der Waals surface area (Å²) in [5.41, 5.74) is 5.95. The highest BCUT2D eigenvalue weighted by Gasteiger charge is 2.39. The number of anilines is 2. The Balaban J connectivity index is 1.77. The lowest BCUT2D eigenvalue weighted by atomic mass is 9.77. The monoisotopic (exact) mass is 402 g/mol. The molecule has 1 aliphatic carbocycles. The van der Waals surface area contributed by atoms with E-state index >= 15 is 0 Å². The number of benzene rings is 2. The van der Waals surface area contributed by atoms with Gasteiger partial charge >= 0.3 is 0 Å². The van der Waals surface area contributed by atoms with Crippen LogP contribution in [0.2, 0.25) is 0 Å². The normalized spacial score (nSPS) is 19.2. The van der Waals surface area contributed by atoms with E-state index in [9.17, 15) is 9.59 Å². The third-order valence-corrected chi connectivity index (χ3v) is 6.46. The van der Waals surface area contributed by atoms with Crippen molar-refractivity contribution in [3.63, 3.8) is 0 Å². The van der Waals surface area contributed by atoms with Gasteiger partial charge in [0, 0.05) is 48.8 Å². The van der Waals surface area contributed by atoms with Gasteiger partial charge in [-0.05, 0) is 62.9 Å². The predicted octanol–water partition coefficient (Wildman–Crippen LogP) is 5.37. The molecule has 1 amide bonds. The van der Waals surface area contributed by atoms with E-state index in [1.807, 2.05) is 36.1 Å². The van der Waals surface area contributed by atoms with Crippen molar-refractivity contribution in [2.45, 2.75) is 52.4 Å². The highest BCUT2D eigenvalue weighted by Crippen LogP contribution is 2.44. The van der Waals surface area contributed by atoms with Crippen LogP contribution in [0, 0.1) is 6.92 Å². The molecule has 4 rings (SSSR count). The molecule has 1 heterocycles. The van der Waals surface area contributed by atoms with Crippen LogP contribution in [0.15, 0.2) is 59.8 Å². The fourth-order valence-electron chi connectivity index (χ4n) is 4.88. The van der Waals surface area contributed by atoms with Crippen molar-refractivity contribution in [1.29, 1.82) is 0 Å². The lowest BCUT2D eigenvalue weighted by molar-refractivity contribution is -0.119. The fourth-order valence-corrected chi connectivity index (χ4v) is 4.88. The number of allylic oxidation sites excluding steroid dienone is 2. The summed E-state index contributed by atoms with van der Waals surface area (Å²) in [4.78, 5) is 30.5. The summed E-state index contributed by atoms with van der Waals surface area (Å²) in [6, 6.07) is 16.4. The molecule has 1 atom stereocenters. The van der Waals surface area contributed by atoms with Crippen LogP contribution in [0.1, 0.15) is 56.6 Å². The van der Waals surface area contributed by atoms with Crippen LogP contribution in [-0.2, 0) is 9.59 Å². The van der Waals surface area contributed by atoms with Gasteiger partial charge in [0.05, 0.1) is 5.69 Å². The minimum Gasteiger partial charge on any atom is -0.372 e. The molecule has 0 fully saturated rings. The topological polar surface area (TPSA) is 40.6 Å². The Morgan fingerprint density at radius 1 is 0.967 bits per heavy atom. The number of hydrogen-bond acceptors (Lipinski definition) is 3. The first kappa shape index (κ1) is 20.4. The van der Waals surface area contributed by atoms with Crippen LogP contribution >= 0.6 is 0 Å². The molecule has 0 spiro atoms. The molecule has 0 saturated heterocycles. The molecule has 0 saturated carbocycles. The van der Waals surface area contributed by atoms with Crippen molar-refractivity contribution in [3.05, 3.63) is 70.9 Å². The maximum absolute atomic E-state index is 13.3. The zero-order chi connectivity index (χ0) is 21.3. The van der Waals surface area contributed by atoms with Crippen molar-refractivity contribution in [2.75, 3.05) is 22.9 Å². The maximum Gasteiger partial charge on any atom is 0.232 e. The van der Waals surface area contributed by atoms with Gasteiger partial charge in [0.25, 0.3) is 0 Å². The number of amides is 1. The van der Waals surface area contributed by atoms with Gasteiger partial charge in [0.1, 0.15) is 0 Å². The third kappa shape index (κ3) is 3.55. The molecule has 156 valence electrons. The summed E-state index contributed by atoms with van der Waals surface area (Å²) in [5, 5.41) is 0. The first-order valence-corrected chi connectivity index (χ1v) is 11.0. The van der Waals surface area contributed by atoms with Crippen molar-refractivity contribution < 1.29 is 9.59 Å². The second-order valence-electron chi connectivity index (χ2n) is 8.17. The van der Waals surface area contributed by atoms with Crippen LogP contribution < -0.4 is 9.80 Å². The molecule has 2 aromatic rings. The molecule has 4 heteroatoms. The summed E-state index contributed by atoms with van der Waals surface area (Å²) >= 11 is 0. The zero-order valence-electron chi connectivity index (χ0n) is 18.1. The van der Waals surface area contributed by atoms with E-state index in [0.717, 1.165) is 54.0 Å². The summed E-state index contributed by atoms with van der Waals surface area (Å²) in [7, 11) is 0. The average molecular weight is 403 g/mol. The van der Waals surface area contributed by atoms with Crippen LogP contribution in [0.5, 0.6) is 0 Å². The molecule has 1 unspecified atom stereocenters. The van der Waals surface area contributed by atoms with Crippen molar-refractivity contribution >= 4 is 23.1 Å². The van der Waals surface area contributed by atoms with E-state index in [2.05, 4.69) is 43.0 Å². The molecule has 0 N–H and O–H groups in total. The van der Waals surface area contributed by atoms with E-state index in [-0.39, 0.29) is 17.6 Å². The van der Waals surface area contributed by atoms with Gasteiger partial charge < -0.3 is 4.90 Å². The number of para-hydroxylation sites is 1. The Morgan fingerprint density at radius 3 is 2.33 bits per heavy atom. The highest BCUT2D eigenvalue weighted by atomic mass is 16.2. The Hall–Kier alpha value is -2.88. The molecule has 0 radical (unpaired) electrons. The van der Waals surface area contributed by atoms with E-state index in [1.54, 1.807) is 0 Å². The molecule has 0 aromatic heterocycles. The number of nitrogens with zero attached hydrogens (tertiary/aromatic N) is 2. The number of aryl methyl sites for hydroxylation is 1. The Kier molecular flexibility index (Phi) is 5.76. The van der Waals surface area contributed by atoms with Crippen LogP contribution in [-0.4, -0.2) is 24.8 Å². The third-order valence-electron chi connectivity index (χ3n) is 6.46. The molecule has 2 aromatic carbocycles. The van der Waals surface area contributed by atoms with Gasteiger partial charge in [-0.3, -0.25) is 14.5 Å². The quantitative estimate of drug-likeness (QED) is 0.675. The summed E-state index contributed by atoms with van der Waals surface area (Å²) in [6.07, 6.45) is 2.49. The first-order chi connectivity index (χ1) is 14.5.